The second-order valence-corrected chi connectivity index (χ2v) is 5.22. The highest BCUT2D eigenvalue weighted by molar-refractivity contribution is 7.09. The van der Waals surface area contributed by atoms with E-state index >= 15 is 0 Å². The third kappa shape index (κ3) is 2.96. The van der Waals surface area contributed by atoms with Crippen LogP contribution in [-0.4, -0.2) is 21.3 Å². The lowest BCUT2D eigenvalue weighted by atomic mass is 10.0. The lowest BCUT2D eigenvalue weighted by Crippen LogP contribution is -2.13. The van der Waals surface area contributed by atoms with Crippen molar-refractivity contribution >= 4 is 17.3 Å². The quantitative estimate of drug-likeness (QED) is 0.886. The van der Waals surface area contributed by atoms with Gasteiger partial charge in [-0.3, -0.25) is 0 Å². The number of aryl methyl sites for hydroxylation is 1. The summed E-state index contributed by atoms with van der Waals surface area (Å²) in [6, 6.07) is 3.85. The first-order chi connectivity index (χ1) is 9.67. The molecule has 0 aliphatic heterocycles. The Bertz CT molecular complexity index is 597. The fourth-order valence-corrected chi connectivity index (χ4v) is 2.63. The number of rotatable bonds is 6. The fraction of sp³-hybridized carbons (Fsp3) is 0.357. The SMILES string of the molecule is CCc1nnc(OCc2cccs2)c(C(=O)O)c1CC. The lowest BCUT2D eigenvalue weighted by molar-refractivity contribution is 0.0688. The molecule has 20 heavy (non-hydrogen) atoms. The molecule has 0 fully saturated rings. The highest BCUT2D eigenvalue weighted by atomic mass is 32.1. The van der Waals surface area contributed by atoms with Gasteiger partial charge in [0.1, 0.15) is 12.2 Å². The zero-order valence-corrected chi connectivity index (χ0v) is 12.2. The number of carboxylic acids is 1. The average molecular weight is 292 g/mol. The summed E-state index contributed by atoms with van der Waals surface area (Å²) in [5, 5.41) is 19.4. The summed E-state index contributed by atoms with van der Waals surface area (Å²) in [4.78, 5) is 12.5. The second-order valence-electron chi connectivity index (χ2n) is 4.19. The predicted octanol–water partition coefficient (Wildman–Crippen LogP) is 2.94. The van der Waals surface area contributed by atoms with Crippen molar-refractivity contribution in [2.75, 3.05) is 0 Å². The normalized spacial score (nSPS) is 10.5. The molecule has 0 saturated carbocycles. The summed E-state index contributed by atoms with van der Waals surface area (Å²) < 4.78 is 5.54. The first-order valence-corrected chi connectivity index (χ1v) is 7.32. The van der Waals surface area contributed by atoms with E-state index in [9.17, 15) is 9.90 Å². The van der Waals surface area contributed by atoms with Crippen LogP contribution in [-0.2, 0) is 19.4 Å². The summed E-state index contributed by atoms with van der Waals surface area (Å²) >= 11 is 1.55. The number of nitrogens with zero attached hydrogens (tertiary/aromatic N) is 2. The van der Waals surface area contributed by atoms with Gasteiger partial charge in [-0.25, -0.2) is 4.79 Å². The molecule has 1 N–H and O–H groups in total. The topological polar surface area (TPSA) is 72.3 Å². The molecule has 106 valence electrons. The van der Waals surface area contributed by atoms with Crippen molar-refractivity contribution in [1.82, 2.24) is 10.2 Å². The molecular formula is C14H16N2O3S. The van der Waals surface area contributed by atoms with Crippen LogP contribution in [0.1, 0.15) is 40.3 Å². The molecule has 0 bridgehead atoms. The molecule has 0 spiro atoms. The van der Waals surface area contributed by atoms with Gasteiger partial charge in [0.2, 0.25) is 5.88 Å². The first kappa shape index (κ1) is 14.5. The Kier molecular flexibility index (Phi) is 4.68. The summed E-state index contributed by atoms with van der Waals surface area (Å²) in [5.74, 6) is -0.924. The molecule has 5 nitrogen and oxygen atoms in total. The summed E-state index contributed by atoms with van der Waals surface area (Å²) in [5.41, 5.74) is 1.56. The Labute approximate surface area is 121 Å². The minimum absolute atomic E-state index is 0.0972. The van der Waals surface area contributed by atoms with Crippen LogP contribution in [0.15, 0.2) is 17.5 Å². The Balaban J connectivity index is 2.34. The standard InChI is InChI=1S/C14H16N2O3S/c1-3-10-11(4-2)15-16-13(12(10)14(17)18)19-8-9-6-5-7-20-9/h5-7H,3-4,8H2,1-2H3,(H,17,18). The van der Waals surface area contributed by atoms with Gasteiger partial charge in [0.25, 0.3) is 0 Å². The van der Waals surface area contributed by atoms with Crippen molar-refractivity contribution in [3.8, 4) is 5.88 Å². The van der Waals surface area contributed by atoms with Gasteiger partial charge in [0, 0.05) is 4.88 Å². The maximum atomic E-state index is 11.5. The summed E-state index contributed by atoms with van der Waals surface area (Å²) in [7, 11) is 0. The summed E-state index contributed by atoms with van der Waals surface area (Å²) in [6.45, 7) is 4.15. The van der Waals surface area contributed by atoms with Crippen LogP contribution in [0.5, 0.6) is 5.88 Å². The van der Waals surface area contributed by atoms with Crippen molar-refractivity contribution in [3.63, 3.8) is 0 Å². The molecule has 0 aliphatic rings. The molecule has 2 rings (SSSR count). The minimum atomic E-state index is -1.02. The van der Waals surface area contributed by atoms with E-state index in [0.717, 1.165) is 4.88 Å². The van der Waals surface area contributed by atoms with Gasteiger partial charge >= 0.3 is 5.97 Å². The van der Waals surface area contributed by atoms with Gasteiger partial charge in [-0.15, -0.1) is 16.4 Å². The van der Waals surface area contributed by atoms with Gasteiger partial charge < -0.3 is 9.84 Å². The zero-order valence-electron chi connectivity index (χ0n) is 11.4. The van der Waals surface area contributed by atoms with E-state index < -0.39 is 5.97 Å². The van der Waals surface area contributed by atoms with Crippen LogP contribution in [0, 0.1) is 0 Å². The van der Waals surface area contributed by atoms with Crippen LogP contribution in [0.4, 0.5) is 0 Å². The third-order valence-electron chi connectivity index (χ3n) is 2.96. The fourth-order valence-electron chi connectivity index (χ4n) is 2.01. The number of aromatic carboxylic acids is 1. The van der Waals surface area contributed by atoms with E-state index in [-0.39, 0.29) is 11.4 Å². The molecule has 6 heteroatoms. The highest BCUT2D eigenvalue weighted by Crippen LogP contribution is 2.24. The van der Waals surface area contributed by atoms with Gasteiger partial charge in [-0.2, -0.15) is 5.10 Å². The van der Waals surface area contributed by atoms with E-state index in [0.29, 0.717) is 30.7 Å². The number of carboxylic acid groups (broad SMARTS) is 1. The maximum absolute atomic E-state index is 11.5. The third-order valence-corrected chi connectivity index (χ3v) is 3.81. The number of aromatic nitrogens is 2. The number of thiophene rings is 1. The van der Waals surface area contributed by atoms with E-state index in [4.69, 9.17) is 4.74 Å². The Morgan fingerprint density at radius 3 is 2.70 bits per heavy atom. The lowest BCUT2D eigenvalue weighted by Gasteiger charge is -2.12. The largest absolute Gasteiger partial charge is 0.477 e. The minimum Gasteiger partial charge on any atom is -0.477 e. The van der Waals surface area contributed by atoms with Crippen LogP contribution in [0.3, 0.4) is 0 Å². The number of hydrogen-bond acceptors (Lipinski definition) is 5. The molecule has 0 aliphatic carbocycles. The molecule has 0 radical (unpaired) electrons. The molecule has 0 atom stereocenters. The second kappa shape index (κ2) is 6.47. The van der Waals surface area contributed by atoms with Crippen LogP contribution >= 0.6 is 11.3 Å². The number of carbonyl (C=O) groups is 1. The zero-order chi connectivity index (χ0) is 14.5. The van der Waals surface area contributed by atoms with E-state index in [1.54, 1.807) is 11.3 Å². The molecule has 0 aromatic carbocycles. The maximum Gasteiger partial charge on any atom is 0.341 e. The van der Waals surface area contributed by atoms with Crippen molar-refractivity contribution < 1.29 is 14.6 Å². The van der Waals surface area contributed by atoms with Gasteiger partial charge in [0.05, 0.1) is 5.69 Å². The van der Waals surface area contributed by atoms with Gasteiger partial charge in [0.15, 0.2) is 0 Å². The molecule has 2 aromatic heterocycles. The van der Waals surface area contributed by atoms with Crippen molar-refractivity contribution in [3.05, 3.63) is 39.2 Å². The molecular weight excluding hydrogens is 276 g/mol. The highest BCUT2D eigenvalue weighted by Gasteiger charge is 2.21. The van der Waals surface area contributed by atoms with Gasteiger partial charge in [-0.1, -0.05) is 19.9 Å². The molecule has 0 unspecified atom stereocenters. The monoisotopic (exact) mass is 292 g/mol. The van der Waals surface area contributed by atoms with E-state index in [2.05, 4.69) is 10.2 Å². The molecule has 2 aromatic rings. The Morgan fingerprint density at radius 1 is 1.35 bits per heavy atom. The predicted molar refractivity (Wildman–Crippen MR) is 76.4 cm³/mol. The van der Waals surface area contributed by atoms with Crippen LogP contribution in [0.25, 0.3) is 0 Å². The molecule has 0 amide bonds. The Hall–Kier alpha value is -1.95. The van der Waals surface area contributed by atoms with Crippen LogP contribution in [0.2, 0.25) is 0 Å². The van der Waals surface area contributed by atoms with E-state index in [1.807, 2.05) is 31.4 Å². The number of hydrogen-bond donors (Lipinski definition) is 1. The van der Waals surface area contributed by atoms with E-state index in [1.165, 1.54) is 0 Å². The number of ether oxygens (including phenoxy) is 1. The summed E-state index contributed by atoms with van der Waals surface area (Å²) in [6.07, 6.45) is 1.25. The molecule has 0 saturated heterocycles. The molecule has 2 heterocycles. The Morgan fingerprint density at radius 2 is 2.15 bits per heavy atom. The van der Waals surface area contributed by atoms with Gasteiger partial charge in [-0.05, 0) is 29.9 Å². The van der Waals surface area contributed by atoms with Crippen molar-refractivity contribution in [1.29, 1.82) is 0 Å². The first-order valence-electron chi connectivity index (χ1n) is 6.44. The van der Waals surface area contributed by atoms with Crippen LogP contribution < -0.4 is 4.74 Å². The smallest absolute Gasteiger partial charge is 0.341 e. The van der Waals surface area contributed by atoms with Crippen molar-refractivity contribution in [2.24, 2.45) is 0 Å². The average Bonchev–Trinajstić information content (AvgIpc) is 2.96. The van der Waals surface area contributed by atoms with Crippen molar-refractivity contribution in [2.45, 2.75) is 33.3 Å².